The van der Waals surface area contributed by atoms with Gasteiger partial charge in [-0.05, 0) is 38.1 Å². The summed E-state index contributed by atoms with van der Waals surface area (Å²) in [4.78, 5) is 12.6. The summed E-state index contributed by atoms with van der Waals surface area (Å²) in [6.45, 7) is 4.68. The number of furan rings is 1. The monoisotopic (exact) mass is 279 g/mol. The number of aryl methyl sites for hydroxylation is 1. The van der Waals surface area contributed by atoms with Crippen molar-refractivity contribution in [1.82, 2.24) is 5.32 Å². The Kier molecular flexibility index (Phi) is 4.39. The molecular formula is C14H17NO3S. The number of thiophene rings is 1. The Morgan fingerprint density at radius 3 is 2.74 bits per heavy atom. The highest BCUT2D eigenvalue weighted by atomic mass is 32.1. The Labute approximate surface area is 116 Å². The fourth-order valence-electron chi connectivity index (χ4n) is 1.80. The molecule has 102 valence electrons. The van der Waals surface area contributed by atoms with Crippen molar-refractivity contribution < 1.29 is 14.3 Å². The van der Waals surface area contributed by atoms with Crippen molar-refractivity contribution in [2.45, 2.75) is 32.9 Å². The van der Waals surface area contributed by atoms with Crippen LogP contribution in [0.1, 0.15) is 34.2 Å². The number of hydrogen-bond acceptors (Lipinski definition) is 4. The number of aliphatic carboxylic acids is 1. The molecule has 0 fully saturated rings. The molecule has 1 atom stereocenters. The fraction of sp³-hybridized carbons (Fsp3) is 0.357. The first-order valence-electron chi connectivity index (χ1n) is 6.13. The third-order valence-electron chi connectivity index (χ3n) is 2.81. The van der Waals surface area contributed by atoms with Gasteiger partial charge in [-0.25, -0.2) is 0 Å². The van der Waals surface area contributed by atoms with Gasteiger partial charge in [-0.3, -0.25) is 4.79 Å². The van der Waals surface area contributed by atoms with Gasteiger partial charge in [0.1, 0.15) is 11.5 Å². The summed E-state index contributed by atoms with van der Waals surface area (Å²) < 4.78 is 5.55. The average Bonchev–Trinajstić information content (AvgIpc) is 2.94. The number of carbonyl (C=O) groups is 1. The van der Waals surface area contributed by atoms with E-state index in [1.165, 1.54) is 11.3 Å². The van der Waals surface area contributed by atoms with Gasteiger partial charge in [-0.2, -0.15) is 0 Å². The quantitative estimate of drug-likeness (QED) is 0.852. The molecule has 4 nitrogen and oxygen atoms in total. The van der Waals surface area contributed by atoms with Gasteiger partial charge in [0.25, 0.3) is 0 Å². The smallest absolute Gasteiger partial charge is 0.308 e. The van der Waals surface area contributed by atoms with Gasteiger partial charge < -0.3 is 14.8 Å². The summed E-state index contributed by atoms with van der Waals surface area (Å²) in [5.41, 5.74) is 0. The maximum absolute atomic E-state index is 10.6. The fourth-order valence-corrected chi connectivity index (χ4v) is 2.76. The number of rotatable bonds is 6. The molecule has 1 unspecified atom stereocenters. The van der Waals surface area contributed by atoms with E-state index in [1.54, 1.807) is 0 Å². The van der Waals surface area contributed by atoms with E-state index < -0.39 is 5.97 Å². The van der Waals surface area contributed by atoms with Gasteiger partial charge >= 0.3 is 5.97 Å². The van der Waals surface area contributed by atoms with Gasteiger partial charge in [-0.1, -0.05) is 0 Å². The summed E-state index contributed by atoms with van der Waals surface area (Å²) in [5.74, 6) is 1.03. The Morgan fingerprint density at radius 1 is 1.37 bits per heavy atom. The lowest BCUT2D eigenvalue weighted by Crippen LogP contribution is -2.16. The lowest BCUT2D eigenvalue weighted by molar-refractivity contribution is -0.136. The summed E-state index contributed by atoms with van der Waals surface area (Å²) in [6.07, 6.45) is 0.0948. The molecule has 0 aliphatic carbocycles. The summed E-state index contributed by atoms with van der Waals surface area (Å²) in [6, 6.07) is 7.90. The number of hydrogen-bond donors (Lipinski definition) is 2. The minimum Gasteiger partial charge on any atom is -0.481 e. The first-order chi connectivity index (χ1) is 9.04. The maximum atomic E-state index is 10.6. The Balaban J connectivity index is 1.88. The van der Waals surface area contributed by atoms with Crippen molar-refractivity contribution in [2.24, 2.45) is 0 Å². The van der Waals surface area contributed by atoms with Crippen LogP contribution in [0.3, 0.4) is 0 Å². The molecule has 0 bridgehead atoms. The van der Waals surface area contributed by atoms with Crippen LogP contribution in [0.25, 0.3) is 0 Å². The van der Waals surface area contributed by atoms with Crippen molar-refractivity contribution >= 4 is 17.3 Å². The van der Waals surface area contributed by atoms with Crippen LogP contribution in [0.5, 0.6) is 0 Å². The van der Waals surface area contributed by atoms with E-state index in [2.05, 4.69) is 5.32 Å². The van der Waals surface area contributed by atoms with Crippen LogP contribution in [0.15, 0.2) is 28.7 Å². The van der Waals surface area contributed by atoms with Crippen LogP contribution < -0.4 is 5.32 Å². The molecule has 0 amide bonds. The van der Waals surface area contributed by atoms with Crippen molar-refractivity contribution in [3.63, 3.8) is 0 Å². The van der Waals surface area contributed by atoms with Crippen LogP contribution in [0, 0.1) is 6.92 Å². The first-order valence-corrected chi connectivity index (χ1v) is 6.95. The number of carboxylic acids is 1. The number of nitrogens with one attached hydrogen (secondary N) is 1. The van der Waals surface area contributed by atoms with Gasteiger partial charge in [0.15, 0.2) is 0 Å². The van der Waals surface area contributed by atoms with Crippen molar-refractivity contribution in [3.05, 3.63) is 45.5 Å². The van der Waals surface area contributed by atoms with Crippen LogP contribution in [0.4, 0.5) is 0 Å². The highest BCUT2D eigenvalue weighted by Gasteiger charge is 2.10. The Hall–Kier alpha value is -1.59. The van der Waals surface area contributed by atoms with E-state index in [1.807, 2.05) is 38.1 Å². The van der Waals surface area contributed by atoms with E-state index in [4.69, 9.17) is 9.52 Å². The zero-order valence-electron chi connectivity index (χ0n) is 11.0. The second-order valence-corrected chi connectivity index (χ2v) is 5.74. The van der Waals surface area contributed by atoms with E-state index in [0.717, 1.165) is 21.3 Å². The Bertz CT molecular complexity index is 559. The molecule has 0 aliphatic rings. The molecule has 2 heterocycles. The maximum Gasteiger partial charge on any atom is 0.308 e. The van der Waals surface area contributed by atoms with E-state index in [-0.39, 0.29) is 12.5 Å². The molecule has 5 heteroatoms. The zero-order valence-corrected chi connectivity index (χ0v) is 11.8. The molecule has 19 heavy (non-hydrogen) atoms. The molecule has 0 aromatic carbocycles. The van der Waals surface area contributed by atoms with Crippen LogP contribution in [-0.2, 0) is 17.8 Å². The molecule has 0 aliphatic heterocycles. The third-order valence-corrected chi connectivity index (χ3v) is 3.90. The minimum absolute atomic E-state index is 0.0948. The zero-order chi connectivity index (χ0) is 13.8. The number of carboxylic acid groups (broad SMARTS) is 1. The molecule has 0 saturated carbocycles. The van der Waals surface area contributed by atoms with Crippen LogP contribution in [0.2, 0.25) is 0 Å². The molecule has 0 radical (unpaired) electrons. The largest absolute Gasteiger partial charge is 0.481 e. The molecule has 2 rings (SSSR count). The second kappa shape index (κ2) is 6.04. The molecule has 2 aromatic heterocycles. The molecular weight excluding hydrogens is 262 g/mol. The molecule has 0 spiro atoms. The highest BCUT2D eigenvalue weighted by molar-refractivity contribution is 7.12. The van der Waals surface area contributed by atoms with E-state index in [9.17, 15) is 4.79 Å². The summed E-state index contributed by atoms with van der Waals surface area (Å²) in [5, 5.41) is 12.1. The van der Waals surface area contributed by atoms with Gasteiger partial charge in [0.05, 0.1) is 12.5 Å². The van der Waals surface area contributed by atoms with Gasteiger partial charge in [0.2, 0.25) is 0 Å². The van der Waals surface area contributed by atoms with Gasteiger partial charge in [0, 0.05) is 16.3 Å². The van der Waals surface area contributed by atoms with Crippen LogP contribution >= 0.6 is 11.3 Å². The minimum atomic E-state index is -0.791. The van der Waals surface area contributed by atoms with Crippen molar-refractivity contribution in [1.29, 1.82) is 0 Å². The molecule has 2 aromatic rings. The van der Waals surface area contributed by atoms with Gasteiger partial charge in [-0.15, -0.1) is 11.3 Å². The third kappa shape index (κ3) is 3.94. The summed E-state index contributed by atoms with van der Waals surface area (Å²) >= 11 is 1.53. The molecule has 0 saturated heterocycles. The lowest BCUT2D eigenvalue weighted by Gasteiger charge is -2.10. The summed E-state index contributed by atoms with van der Waals surface area (Å²) in [7, 11) is 0. The SMILES string of the molecule is Cc1ccc(C(C)NCc2ccc(CC(=O)O)s2)o1. The van der Waals surface area contributed by atoms with Crippen molar-refractivity contribution in [3.8, 4) is 0 Å². The predicted octanol–water partition coefficient (Wildman–Crippen LogP) is 3.13. The Morgan fingerprint density at radius 2 is 2.11 bits per heavy atom. The molecule has 2 N–H and O–H groups in total. The van der Waals surface area contributed by atoms with E-state index >= 15 is 0 Å². The van der Waals surface area contributed by atoms with Crippen LogP contribution in [-0.4, -0.2) is 11.1 Å². The lowest BCUT2D eigenvalue weighted by atomic mass is 10.2. The standard InChI is InChI=1S/C14H17NO3S/c1-9-3-6-13(18-9)10(2)15-8-12-5-4-11(19-12)7-14(16)17/h3-6,10,15H,7-8H2,1-2H3,(H,16,17). The van der Waals surface area contributed by atoms with E-state index in [0.29, 0.717) is 6.54 Å². The topological polar surface area (TPSA) is 62.5 Å². The highest BCUT2D eigenvalue weighted by Crippen LogP contribution is 2.20. The normalized spacial score (nSPS) is 12.5. The van der Waals surface area contributed by atoms with Crippen molar-refractivity contribution in [2.75, 3.05) is 0 Å². The second-order valence-electron chi connectivity index (χ2n) is 4.49. The predicted molar refractivity (Wildman–Crippen MR) is 74.4 cm³/mol. The average molecular weight is 279 g/mol. The first kappa shape index (κ1) is 13.8.